The largest absolute Gasteiger partial charge is 0.387 e. The highest BCUT2D eigenvalue weighted by atomic mass is 32.2. The third kappa shape index (κ3) is 3.08. The molecule has 1 aliphatic heterocycles. The zero-order chi connectivity index (χ0) is 19.2. The fraction of sp³-hybridized carbons (Fsp3) is 0.333. The second-order valence-electron chi connectivity index (χ2n) is 7.58. The molecule has 0 saturated carbocycles. The standard InChI is InChI=1S/C21H24N2O3S/c1-14(2)13-23-19(12-15-6-5-8-18-16(15)10-11-22-18)21(24)17-7-3-4-9-20(17)27(23,25)26/h3-11,14,19,21-22,24H,12-13H2,1-2H3/t19-,21+/m1/s1. The molecule has 0 radical (unpaired) electrons. The molecule has 3 aromatic rings. The number of hydrogen-bond donors (Lipinski definition) is 2. The van der Waals surface area contributed by atoms with Gasteiger partial charge < -0.3 is 10.1 Å². The monoisotopic (exact) mass is 384 g/mol. The quantitative estimate of drug-likeness (QED) is 0.723. The van der Waals surface area contributed by atoms with Crippen molar-refractivity contribution in [2.75, 3.05) is 6.54 Å². The lowest BCUT2D eigenvalue weighted by molar-refractivity contribution is 0.0755. The summed E-state index contributed by atoms with van der Waals surface area (Å²) in [5.74, 6) is 0.155. The van der Waals surface area contributed by atoms with Gasteiger partial charge in [0.25, 0.3) is 0 Å². The van der Waals surface area contributed by atoms with E-state index in [1.54, 1.807) is 24.3 Å². The molecule has 0 fully saturated rings. The van der Waals surface area contributed by atoms with Gasteiger partial charge >= 0.3 is 0 Å². The van der Waals surface area contributed by atoms with Crippen molar-refractivity contribution >= 4 is 20.9 Å². The molecule has 1 aromatic heterocycles. The number of rotatable bonds is 4. The van der Waals surface area contributed by atoms with Gasteiger partial charge in [0.1, 0.15) is 0 Å². The van der Waals surface area contributed by atoms with Crippen LogP contribution >= 0.6 is 0 Å². The Balaban J connectivity index is 1.83. The average molecular weight is 385 g/mol. The molecule has 0 unspecified atom stereocenters. The highest BCUT2D eigenvalue weighted by molar-refractivity contribution is 7.89. The minimum atomic E-state index is -3.65. The Morgan fingerprint density at radius 3 is 2.67 bits per heavy atom. The molecule has 0 saturated heterocycles. The Morgan fingerprint density at radius 1 is 1.11 bits per heavy atom. The maximum Gasteiger partial charge on any atom is 0.243 e. The van der Waals surface area contributed by atoms with Crippen LogP contribution in [0.2, 0.25) is 0 Å². The topological polar surface area (TPSA) is 73.4 Å². The maximum atomic E-state index is 13.3. The Labute approximate surface area is 159 Å². The molecular formula is C21H24N2O3S. The summed E-state index contributed by atoms with van der Waals surface area (Å²) < 4.78 is 28.1. The minimum absolute atomic E-state index is 0.155. The molecule has 2 N–H and O–H groups in total. The Morgan fingerprint density at radius 2 is 1.89 bits per heavy atom. The first-order chi connectivity index (χ1) is 12.9. The normalized spacial score (nSPS) is 22.2. The van der Waals surface area contributed by atoms with Crippen molar-refractivity contribution in [2.45, 2.75) is 37.3 Å². The van der Waals surface area contributed by atoms with Crippen molar-refractivity contribution in [3.63, 3.8) is 0 Å². The van der Waals surface area contributed by atoms with Crippen molar-refractivity contribution in [3.05, 3.63) is 65.9 Å². The van der Waals surface area contributed by atoms with E-state index in [-0.39, 0.29) is 10.8 Å². The zero-order valence-electron chi connectivity index (χ0n) is 15.5. The third-order valence-corrected chi connectivity index (χ3v) is 7.18. The van der Waals surface area contributed by atoms with Crippen molar-refractivity contribution < 1.29 is 13.5 Å². The van der Waals surface area contributed by atoms with Crippen LogP contribution in [0, 0.1) is 5.92 Å². The van der Waals surface area contributed by atoms with E-state index in [0.29, 0.717) is 18.5 Å². The highest BCUT2D eigenvalue weighted by Gasteiger charge is 2.43. The van der Waals surface area contributed by atoms with Gasteiger partial charge in [0, 0.05) is 29.2 Å². The van der Waals surface area contributed by atoms with Crippen LogP contribution < -0.4 is 0 Å². The second-order valence-corrected chi connectivity index (χ2v) is 9.44. The van der Waals surface area contributed by atoms with Gasteiger partial charge in [-0.25, -0.2) is 8.42 Å². The van der Waals surface area contributed by atoms with Gasteiger partial charge in [-0.05, 0) is 36.1 Å². The lowest BCUT2D eigenvalue weighted by Crippen LogP contribution is -2.50. The average Bonchev–Trinajstić information content (AvgIpc) is 3.12. The summed E-state index contributed by atoms with van der Waals surface area (Å²) in [5.41, 5.74) is 2.53. The molecule has 0 aliphatic carbocycles. The summed E-state index contributed by atoms with van der Waals surface area (Å²) >= 11 is 0. The van der Waals surface area contributed by atoms with Gasteiger partial charge in [0.2, 0.25) is 10.0 Å². The van der Waals surface area contributed by atoms with Crippen LogP contribution in [0.25, 0.3) is 10.9 Å². The minimum Gasteiger partial charge on any atom is -0.387 e. The lowest BCUT2D eigenvalue weighted by atomic mass is 9.93. The molecule has 2 aromatic carbocycles. The first kappa shape index (κ1) is 18.2. The Bertz CT molecular complexity index is 1070. The fourth-order valence-corrected chi connectivity index (χ4v) is 6.02. The smallest absolute Gasteiger partial charge is 0.243 e. The van der Waals surface area contributed by atoms with E-state index < -0.39 is 22.2 Å². The van der Waals surface area contributed by atoms with E-state index in [2.05, 4.69) is 4.98 Å². The van der Waals surface area contributed by atoms with Gasteiger partial charge in [0.05, 0.1) is 17.0 Å². The van der Waals surface area contributed by atoms with Gasteiger partial charge in [0.15, 0.2) is 0 Å². The van der Waals surface area contributed by atoms with E-state index in [4.69, 9.17) is 0 Å². The van der Waals surface area contributed by atoms with Crippen molar-refractivity contribution in [1.82, 2.24) is 9.29 Å². The number of fused-ring (bicyclic) bond motifs is 2. The second kappa shape index (κ2) is 6.78. The molecule has 4 rings (SSSR count). The molecule has 5 nitrogen and oxygen atoms in total. The SMILES string of the molecule is CC(C)CN1[C@H](Cc2cccc3[nH]ccc23)[C@@H](O)c2ccccc2S1(=O)=O. The summed E-state index contributed by atoms with van der Waals surface area (Å²) in [4.78, 5) is 3.41. The number of H-pyrrole nitrogens is 1. The number of sulfonamides is 1. The van der Waals surface area contributed by atoms with E-state index in [0.717, 1.165) is 16.5 Å². The maximum absolute atomic E-state index is 13.3. The summed E-state index contributed by atoms with van der Waals surface area (Å²) in [6.45, 7) is 4.36. The molecular weight excluding hydrogens is 360 g/mol. The number of aromatic amines is 1. The summed E-state index contributed by atoms with van der Waals surface area (Å²) in [6, 6.07) is 14.2. The van der Waals surface area contributed by atoms with Gasteiger partial charge in [-0.15, -0.1) is 0 Å². The predicted octanol–water partition coefficient (Wildman–Crippen LogP) is 3.47. The number of aliphatic hydroxyl groups excluding tert-OH is 1. The number of benzene rings is 2. The van der Waals surface area contributed by atoms with E-state index >= 15 is 0 Å². The van der Waals surface area contributed by atoms with Crippen LogP contribution in [-0.4, -0.2) is 35.4 Å². The number of nitrogens with one attached hydrogen (secondary N) is 1. The van der Waals surface area contributed by atoms with Crippen LogP contribution in [0.5, 0.6) is 0 Å². The van der Waals surface area contributed by atoms with Crippen LogP contribution in [0.3, 0.4) is 0 Å². The number of aliphatic hydroxyl groups is 1. The van der Waals surface area contributed by atoms with E-state index in [1.807, 2.05) is 44.3 Å². The van der Waals surface area contributed by atoms with Gasteiger partial charge in [-0.3, -0.25) is 0 Å². The summed E-state index contributed by atoms with van der Waals surface area (Å²) in [7, 11) is -3.65. The predicted molar refractivity (Wildman–Crippen MR) is 106 cm³/mol. The fourth-order valence-electron chi connectivity index (χ4n) is 3.99. The van der Waals surface area contributed by atoms with Gasteiger partial charge in [-0.1, -0.05) is 44.2 Å². The van der Waals surface area contributed by atoms with Crippen LogP contribution in [-0.2, 0) is 16.4 Å². The first-order valence-corrected chi connectivity index (χ1v) is 10.7. The van der Waals surface area contributed by atoms with E-state index in [1.165, 1.54) is 4.31 Å². The molecule has 2 atom stereocenters. The molecule has 27 heavy (non-hydrogen) atoms. The number of hydrogen-bond acceptors (Lipinski definition) is 3. The molecule has 0 bridgehead atoms. The van der Waals surface area contributed by atoms with Crippen LogP contribution in [0.15, 0.2) is 59.6 Å². The Hall–Kier alpha value is -2.15. The molecule has 2 heterocycles. The Kier molecular flexibility index (Phi) is 4.58. The molecule has 1 aliphatic rings. The van der Waals surface area contributed by atoms with Crippen LogP contribution in [0.1, 0.15) is 31.1 Å². The zero-order valence-corrected chi connectivity index (χ0v) is 16.3. The van der Waals surface area contributed by atoms with Crippen LogP contribution in [0.4, 0.5) is 0 Å². The third-order valence-electron chi connectivity index (χ3n) is 5.22. The van der Waals surface area contributed by atoms with Crippen molar-refractivity contribution in [1.29, 1.82) is 0 Å². The lowest BCUT2D eigenvalue weighted by Gasteiger charge is -2.40. The molecule has 6 heteroatoms. The first-order valence-electron chi connectivity index (χ1n) is 9.23. The van der Waals surface area contributed by atoms with Gasteiger partial charge in [-0.2, -0.15) is 4.31 Å². The molecule has 142 valence electrons. The molecule has 0 spiro atoms. The van der Waals surface area contributed by atoms with Crippen molar-refractivity contribution in [3.8, 4) is 0 Å². The summed E-state index contributed by atoms with van der Waals surface area (Å²) in [6.07, 6.45) is 1.47. The number of aromatic nitrogens is 1. The number of nitrogens with zero attached hydrogens (tertiary/aromatic N) is 1. The summed E-state index contributed by atoms with van der Waals surface area (Å²) in [5, 5.41) is 12.2. The van der Waals surface area contributed by atoms with E-state index in [9.17, 15) is 13.5 Å². The molecule has 0 amide bonds. The highest BCUT2D eigenvalue weighted by Crippen LogP contribution is 2.39. The van der Waals surface area contributed by atoms with Crippen molar-refractivity contribution in [2.24, 2.45) is 5.92 Å².